The molecule has 0 spiro atoms. The van der Waals surface area contributed by atoms with E-state index in [0.29, 0.717) is 44.7 Å². The molecule has 44 heavy (non-hydrogen) atoms. The average molecular weight is 623 g/mol. The van der Waals surface area contributed by atoms with Crippen LogP contribution in [0.15, 0.2) is 94.9 Å². The van der Waals surface area contributed by atoms with E-state index < -0.39 is 0 Å². The van der Waals surface area contributed by atoms with Gasteiger partial charge in [-0.05, 0) is 84.6 Å². The number of thioether (sulfide) groups is 2. The number of amides is 2. The third kappa shape index (κ3) is 5.70. The second-order valence-corrected chi connectivity index (χ2v) is 12.1. The van der Waals surface area contributed by atoms with Crippen molar-refractivity contribution in [2.75, 3.05) is 35.5 Å². The Kier molecular flexibility index (Phi) is 8.45. The Labute approximate surface area is 264 Å². The van der Waals surface area contributed by atoms with Crippen molar-refractivity contribution in [2.45, 2.75) is 13.8 Å². The highest BCUT2D eigenvalue weighted by Crippen LogP contribution is 2.38. The van der Waals surface area contributed by atoms with Crippen molar-refractivity contribution in [3.63, 3.8) is 0 Å². The minimum absolute atomic E-state index is 0.0153. The van der Waals surface area contributed by atoms with Gasteiger partial charge in [0, 0.05) is 0 Å². The molecule has 8 nitrogen and oxygen atoms in total. The zero-order valence-electron chi connectivity index (χ0n) is 24.7. The molecular formula is C34H30N4O4S2. The van der Waals surface area contributed by atoms with Crippen molar-refractivity contribution in [1.29, 1.82) is 0 Å². The predicted octanol–water partition coefficient (Wildman–Crippen LogP) is 7.52. The number of aryl methyl sites for hydroxylation is 2. The minimum Gasteiger partial charge on any atom is -0.494 e. The van der Waals surface area contributed by atoms with Gasteiger partial charge < -0.3 is 9.47 Å². The standard InChI is InChI=1S/C34H30N4O4S2/c1-21-17-23(13-15-27(21)37-31(39)19-43-33(37)35-25-9-5-7-11-29(25)41-3)24-14-16-28(22(2)18-24)38-32(40)20-44-34(38)36-26-10-6-8-12-30(26)42-4/h5-18H,19-20H2,1-4H3. The Morgan fingerprint density at radius 2 is 1.02 bits per heavy atom. The fourth-order valence-corrected chi connectivity index (χ4v) is 6.93. The highest BCUT2D eigenvalue weighted by atomic mass is 32.2. The lowest BCUT2D eigenvalue weighted by Gasteiger charge is -2.21. The zero-order valence-corrected chi connectivity index (χ0v) is 26.4. The molecule has 0 radical (unpaired) electrons. The molecule has 4 aromatic carbocycles. The average Bonchev–Trinajstić information content (AvgIpc) is 3.58. The summed E-state index contributed by atoms with van der Waals surface area (Å²) in [5, 5.41) is 1.24. The van der Waals surface area contributed by atoms with Gasteiger partial charge in [-0.25, -0.2) is 9.98 Å². The highest BCUT2D eigenvalue weighted by molar-refractivity contribution is 8.15. The van der Waals surface area contributed by atoms with Crippen LogP contribution in [0.3, 0.4) is 0 Å². The maximum atomic E-state index is 13.0. The summed E-state index contributed by atoms with van der Waals surface area (Å²) < 4.78 is 10.9. The van der Waals surface area contributed by atoms with Crippen molar-refractivity contribution in [3.8, 4) is 22.6 Å². The number of anilines is 2. The van der Waals surface area contributed by atoms with E-state index in [2.05, 4.69) is 12.1 Å². The quantitative estimate of drug-likeness (QED) is 0.212. The minimum atomic E-state index is -0.0153. The van der Waals surface area contributed by atoms with E-state index in [0.717, 1.165) is 33.6 Å². The summed E-state index contributed by atoms with van der Waals surface area (Å²) in [7, 11) is 3.22. The topological polar surface area (TPSA) is 83.8 Å². The number of carbonyl (C=O) groups is 2. The Hall–Kier alpha value is -4.54. The second kappa shape index (κ2) is 12.6. The van der Waals surface area contributed by atoms with Gasteiger partial charge in [-0.3, -0.25) is 19.4 Å². The third-order valence-electron chi connectivity index (χ3n) is 7.34. The molecule has 2 fully saturated rings. The summed E-state index contributed by atoms with van der Waals surface area (Å²) in [6.07, 6.45) is 0. The highest BCUT2D eigenvalue weighted by Gasteiger charge is 2.32. The van der Waals surface area contributed by atoms with Gasteiger partial charge >= 0.3 is 0 Å². The van der Waals surface area contributed by atoms with E-state index in [9.17, 15) is 9.59 Å². The van der Waals surface area contributed by atoms with Crippen LogP contribution in [0.1, 0.15) is 11.1 Å². The van der Waals surface area contributed by atoms with Crippen molar-refractivity contribution in [1.82, 2.24) is 0 Å². The number of nitrogens with zero attached hydrogens (tertiary/aromatic N) is 4. The molecular weight excluding hydrogens is 593 g/mol. The number of aliphatic imine (C=N–C) groups is 2. The van der Waals surface area contributed by atoms with Crippen molar-refractivity contribution >= 4 is 68.4 Å². The van der Waals surface area contributed by atoms with Crippen LogP contribution in [0.2, 0.25) is 0 Å². The molecule has 0 bridgehead atoms. The van der Waals surface area contributed by atoms with Gasteiger partial charge in [0.2, 0.25) is 11.8 Å². The maximum absolute atomic E-state index is 13.0. The fraction of sp³-hybridized carbons (Fsp3) is 0.176. The zero-order chi connectivity index (χ0) is 30.8. The van der Waals surface area contributed by atoms with Crippen LogP contribution >= 0.6 is 23.5 Å². The molecule has 0 saturated carbocycles. The molecule has 2 aliphatic heterocycles. The lowest BCUT2D eigenvalue weighted by molar-refractivity contribution is -0.115. The van der Waals surface area contributed by atoms with Crippen molar-refractivity contribution in [3.05, 3.63) is 96.1 Å². The molecule has 0 N–H and O–H groups in total. The van der Waals surface area contributed by atoms with Crippen LogP contribution in [0.4, 0.5) is 22.7 Å². The monoisotopic (exact) mass is 622 g/mol. The number of para-hydroxylation sites is 4. The molecule has 0 unspecified atom stereocenters. The first-order valence-electron chi connectivity index (χ1n) is 13.9. The molecule has 0 atom stereocenters. The van der Waals surface area contributed by atoms with Crippen LogP contribution in [0, 0.1) is 13.8 Å². The third-order valence-corrected chi connectivity index (χ3v) is 9.19. The first-order valence-corrected chi connectivity index (χ1v) is 15.9. The van der Waals surface area contributed by atoms with E-state index >= 15 is 0 Å². The van der Waals surface area contributed by atoms with Crippen molar-refractivity contribution < 1.29 is 19.1 Å². The summed E-state index contributed by atoms with van der Waals surface area (Å²) in [5.74, 6) is 1.92. The van der Waals surface area contributed by atoms with Crippen LogP contribution in [0.5, 0.6) is 11.5 Å². The van der Waals surface area contributed by atoms with E-state index in [4.69, 9.17) is 19.5 Å². The molecule has 4 aromatic rings. The summed E-state index contributed by atoms with van der Waals surface area (Å²) in [4.78, 5) is 38.9. The van der Waals surface area contributed by atoms with Gasteiger partial charge in [-0.2, -0.15) is 0 Å². The molecule has 10 heteroatoms. The fourth-order valence-electron chi connectivity index (χ4n) is 5.19. The van der Waals surface area contributed by atoms with Gasteiger partial charge in [-0.15, -0.1) is 0 Å². The Balaban J connectivity index is 1.29. The summed E-state index contributed by atoms with van der Waals surface area (Å²) in [5.41, 5.74) is 6.85. The van der Waals surface area contributed by atoms with Gasteiger partial charge in [0.05, 0.1) is 37.1 Å². The SMILES string of the molecule is COc1ccccc1N=C1SCC(=O)N1c1ccc(-c2ccc(N3C(=O)CSC3=Nc3ccccc3OC)c(C)c2)cc1C. The second-order valence-electron chi connectivity index (χ2n) is 10.2. The van der Waals surface area contributed by atoms with E-state index in [1.54, 1.807) is 24.0 Å². The van der Waals surface area contributed by atoms with E-state index in [-0.39, 0.29) is 11.8 Å². The number of ether oxygens (including phenoxy) is 2. The molecule has 222 valence electrons. The molecule has 2 aliphatic rings. The number of hydrogen-bond acceptors (Lipinski definition) is 8. The van der Waals surface area contributed by atoms with Gasteiger partial charge in [0.1, 0.15) is 22.9 Å². The Morgan fingerprint density at radius 1 is 0.614 bits per heavy atom. The largest absolute Gasteiger partial charge is 0.494 e. The van der Waals surface area contributed by atoms with Crippen LogP contribution < -0.4 is 19.3 Å². The molecule has 0 aromatic heterocycles. The predicted molar refractivity (Wildman–Crippen MR) is 181 cm³/mol. The molecule has 6 rings (SSSR count). The van der Waals surface area contributed by atoms with Crippen LogP contribution in [-0.4, -0.2) is 47.9 Å². The number of methoxy groups -OCH3 is 2. The first kappa shape index (κ1) is 29.5. The number of rotatable bonds is 7. The van der Waals surface area contributed by atoms with Gasteiger partial charge in [-0.1, -0.05) is 59.9 Å². The number of carbonyl (C=O) groups excluding carboxylic acids is 2. The lowest BCUT2D eigenvalue weighted by atomic mass is 9.99. The lowest BCUT2D eigenvalue weighted by Crippen LogP contribution is -2.30. The number of benzene rings is 4. The normalized spacial score (nSPS) is 16.8. The molecule has 2 saturated heterocycles. The summed E-state index contributed by atoms with van der Waals surface area (Å²) in [6.45, 7) is 4.00. The molecule has 0 aliphatic carbocycles. The van der Waals surface area contributed by atoms with Gasteiger partial charge in [0.25, 0.3) is 0 Å². The maximum Gasteiger partial charge on any atom is 0.243 e. The molecule has 2 amide bonds. The summed E-state index contributed by atoms with van der Waals surface area (Å²) in [6, 6.07) is 27.1. The van der Waals surface area contributed by atoms with Crippen LogP contribution in [0.25, 0.3) is 11.1 Å². The summed E-state index contributed by atoms with van der Waals surface area (Å²) >= 11 is 2.83. The molecule has 2 heterocycles. The smallest absolute Gasteiger partial charge is 0.243 e. The number of amidine groups is 2. The van der Waals surface area contributed by atoms with Crippen LogP contribution in [-0.2, 0) is 9.59 Å². The van der Waals surface area contributed by atoms with E-state index in [1.807, 2.05) is 86.6 Å². The Morgan fingerprint density at radius 3 is 1.41 bits per heavy atom. The number of hydrogen-bond donors (Lipinski definition) is 0. The first-order chi connectivity index (χ1) is 21.4. The Bertz CT molecular complexity index is 1700. The van der Waals surface area contributed by atoms with E-state index in [1.165, 1.54) is 23.5 Å². The van der Waals surface area contributed by atoms with Crippen molar-refractivity contribution in [2.24, 2.45) is 9.98 Å². The van der Waals surface area contributed by atoms with Gasteiger partial charge in [0.15, 0.2) is 10.3 Å².